The highest BCUT2D eigenvalue weighted by Crippen LogP contribution is 2.23. The molecular formula is C14H18BrNO3. The lowest BCUT2D eigenvalue weighted by molar-refractivity contribution is -0.138. The van der Waals surface area contributed by atoms with Crippen molar-refractivity contribution in [2.75, 3.05) is 0 Å². The number of benzene rings is 1. The standard InChI is InChI=1S/C14H18BrNO3/c1-9(8-14(18)19)7-13(17)16-10(2)11-5-3-4-6-12(11)15/h3-6,9-10H,7-8H2,1-2H3,(H,16,17)(H,18,19)/t9?,10-/m1/s1. The molecule has 0 aliphatic rings. The highest BCUT2D eigenvalue weighted by Gasteiger charge is 2.16. The summed E-state index contributed by atoms with van der Waals surface area (Å²) in [5.74, 6) is -1.17. The summed E-state index contributed by atoms with van der Waals surface area (Å²) in [4.78, 5) is 22.4. The van der Waals surface area contributed by atoms with Gasteiger partial charge in [0.25, 0.3) is 0 Å². The van der Waals surface area contributed by atoms with Crippen molar-refractivity contribution in [3.63, 3.8) is 0 Å². The SMILES string of the molecule is CC(CC(=O)O)CC(=O)N[C@H](C)c1ccccc1Br. The Morgan fingerprint density at radius 1 is 1.26 bits per heavy atom. The van der Waals surface area contributed by atoms with Crippen molar-refractivity contribution in [3.8, 4) is 0 Å². The highest BCUT2D eigenvalue weighted by atomic mass is 79.9. The van der Waals surface area contributed by atoms with Crippen molar-refractivity contribution in [1.29, 1.82) is 0 Å². The van der Waals surface area contributed by atoms with Gasteiger partial charge in [0.15, 0.2) is 0 Å². The van der Waals surface area contributed by atoms with Gasteiger partial charge in [0.2, 0.25) is 5.91 Å². The topological polar surface area (TPSA) is 66.4 Å². The second-order valence-electron chi connectivity index (χ2n) is 4.72. The van der Waals surface area contributed by atoms with E-state index in [0.29, 0.717) is 0 Å². The van der Waals surface area contributed by atoms with Crippen LogP contribution in [0.1, 0.15) is 38.3 Å². The fraction of sp³-hybridized carbons (Fsp3) is 0.429. The Morgan fingerprint density at radius 3 is 2.47 bits per heavy atom. The van der Waals surface area contributed by atoms with Crippen molar-refractivity contribution in [3.05, 3.63) is 34.3 Å². The van der Waals surface area contributed by atoms with Gasteiger partial charge in [-0.3, -0.25) is 9.59 Å². The van der Waals surface area contributed by atoms with Crippen LogP contribution in [0.3, 0.4) is 0 Å². The first kappa shape index (κ1) is 15.7. The fourth-order valence-electron chi connectivity index (χ4n) is 1.89. The van der Waals surface area contributed by atoms with Gasteiger partial charge in [-0.15, -0.1) is 0 Å². The number of carbonyl (C=O) groups is 2. The summed E-state index contributed by atoms with van der Waals surface area (Å²) in [5.41, 5.74) is 1.00. The van der Waals surface area contributed by atoms with E-state index >= 15 is 0 Å². The first-order valence-corrected chi connectivity index (χ1v) is 6.95. The molecule has 1 aromatic carbocycles. The highest BCUT2D eigenvalue weighted by molar-refractivity contribution is 9.10. The van der Waals surface area contributed by atoms with Gasteiger partial charge in [0.05, 0.1) is 6.04 Å². The molecule has 0 radical (unpaired) electrons. The molecule has 4 nitrogen and oxygen atoms in total. The molecule has 0 spiro atoms. The van der Waals surface area contributed by atoms with Crippen LogP contribution in [0.15, 0.2) is 28.7 Å². The van der Waals surface area contributed by atoms with E-state index in [1.807, 2.05) is 31.2 Å². The molecule has 0 aliphatic heterocycles. The van der Waals surface area contributed by atoms with Crippen LogP contribution < -0.4 is 5.32 Å². The first-order chi connectivity index (χ1) is 8.90. The molecule has 1 rings (SSSR count). The number of aliphatic carboxylic acids is 1. The van der Waals surface area contributed by atoms with Crippen LogP contribution in [-0.2, 0) is 9.59 Å². The molecule has 0 aliphatic carbocycles. The summed E-state index contributed by atoms with van der Waals surface area (Å²) >= 11 is 3.44. The summed E-state index contributed by atoms with van der Waals surface area (Å²) in [6.45, 7) is 3.66. The number of hydrogen-bond donors (Lipinski definition) is 2. The zero-order valence-electron chi connectivity index (χ0n) is 11.0. The summed E-state index contributed by atoms with van der Waals surface area (Å²) < 4.78 is 0.946. The molecule has 5 heteroatoms. The van der Waals surface area contributed by atoms with Crippen LogP contribution in [0.5, 0.6) is 0 Å². The fourth-order valence-corrected chi connectivity index (χ4v) is 2.52. The molecular weight excluding hydrogens is 310 g/mol. The summed E-state index contributed by atoms with van der Waals surface area (Å²) in [6, 6.07) is 7.58. The third-order valence-corrected chi connectivity index (χ3v) is 3.53. The van der Waals surface area contributed by atoms with Gasteiger partial charge in [0, 0.05) is 17.3 Å². The number of halogens is 1. The number of amides is 1. The summed E-state index contributed by atoms with van der Waals surface area (Å²) in [7, 11) is 0. The zero-order chi connectivity index (χ0) is 14.4. The zero-order valence-corrected chi connectivity index (χ0v) is 12.6. The molecule has 0 heterocycles. The number of carboxylic acid groups (broad SMARTS) is 1. The largest absolute Gasteiger partial charge is 0.481 e. The van der Waals surface area contributed by atoms with E-state index in [1.165, 1.54) is 0 Å². The van der Waals surface area contributed by atoms with Crippen LogP contribution in [0, 0.1) is 5.92 Å². The van der Waals surface area contributed by atoms with E-state index in [4.69, 9.17) is 5.11 Å². The summed E-state index contributed by atoms with van der Waals surface area (Å²) in [6.07, 6.45) is 0.234. The minimum atomic E-state index is -0.876. The molecule has 1 unspecified atom stereocenters. The van der Waals surface area contributed by atoms with E-state index in [2.05, 4.69) is 21.2 Å². The van der Waals surface area contributed by atoms with Crippen molar-refractivity contribution in [1.82, 2.24) is 5.32 Å². The number of carbonyl (C=O) groups excluding carboxylic acids is 1. The monoisotopic (exact) mass is 327 g/mol. The average Bonchev–Trinajstić information content (AvgIpc) is 2.27. The molecule has 0 bridgehead atoms. The Labute approximate surface area is 121 Å². The number of carboxylic acids is 1. The number of hydrogen-bond acceptors (Lipinski definition) is 2. The Bertz CT molecular complexity index is 462. The van der Waals surface area contributed by atoms with Gasteiger partial charge in [-0.2, -0.15) is 0 Å². The molecule has 1 amide bonds. The van der Waals surface area contributed by atoms with Crippen LogP contribution in [0.2, 0.25) is 0 Å². The molecule has 0 saturated heterocycles. The molecule has 0 aromatic heterocycles. The van der Waals surface area contributed by atoms with Gasteiger partial charge in [0.1, 0.15) is 0 Å². The second kappa shape index (κ2) is 7.28. The van der Waals surface area contributed by atoms with E-state index < -0.39 is 5.97 Å². The Morgan fingerprint density at radius 2 is 1.89 bits per heavy atom. The minimum Gasteiger partial charge on any atom is -0.481 e. The van der Waals surface area contributed by atoms with Crippen molar-refractivity contribution >= 4 is 27.8 Å². The third kappa shape index (κ3) is 5.42. The molecule has 104 valence electrons. The Hall–Kier alpha value is -1.36. The first-order valence-electron chi connectivity index (χ1n) is 6.15. The predicted octanol–water partition coefficient (Wildman–Crippen LogP) is 3.13. The summed E-state index contributed by atoms with van der Waals surface area (Å²) in [5, 5.41) is 11.5. The van der Waals surface area contributed by atoms with Crippen molar-refractivity contribution < 1.29 is 14.7 Å². The number of rotatable bonds is 6. The Balaban J connectivity index is 2.53. The molecule has 0 fully saturated rings. The molecule has 19 heavy (non-hydrogen) atoms. The van der Waals surface area contributed by atoms with E-state index in [9.17, 15) is 9.59 Å². The van der Waals surface area contributed by atoms with Gasteiger partial charge in [-0.05, 0) is 24.5 Å². The maximum absolute atomic E-state index is 11.8. The van der Waals surface area contributed by atoms with Gasteiger partial charge >= 0.3 is 5.97 Å². The van der Waals surface area contributed by atoms with Crippen molar-refractivity contribution in [2.45, 2.75) is 32.7 Å². The van der Waals surface area contributed by atoms with Crippen LogP contribution in [0.4, 0.5) is 0 Å². The second-order valence-corrected chi connectivity index (χ2v) is 5.57. The average molecular weight is 328 g/mol. The lowest BCUT2D eigenvalue weighted by atomic mass is 10.0. The van der Waals surface area contributed by atoms with E-state index in [0.717, 1.165) is 10.0 Å². The lowest BCUT2D eigenvalue weighted by Crippen LogP contribution is -2.28. The van der Waals surface area contributed by atoms with Gasteiger partial charge in [-0.1, -0.05) is 41.1 Å². The number of nitrogens with one attached hydrogen (secondary N) is 1. The van der Waals surface area contributed by atoms with Crippen LogP contribution >= 0.6 is 15.9 Å². The van der Waals surface area contributed by atoms with Gasteiger partial charge in [-0.25, -0.2) is 0 Å². The smallest absolute Gasteiger partial charge is 0.303 e. The normalized spacial score (nSPS) is 13.6. The predicted molar refractivity (Wildman–Crippen MR) is 76.7 cm³/mol. The maximum Gasteiger partial charge on any atom is 0.303 e. The maximum atomic E-state index is 11.8. The third-order valence-electron chi connectivity index (χ3n) is 2.81. The molecule has 0 saturated carbocycles. The minimum absolute atomic E-state index is 0.0107. The van der Waals surface area contributed by atoms with Crippen molar-refractivity contribution in [2.24, 2.45) is 5.92 Å². The molecule has 2 N–H and O–H groups in total. The van der Waals surface area contributed by atoms with E-state index in [1.54, 1.807) is 6.92 Å². The van der Waals surface area contributed by atoms with Crippen LogP contribution in [-0.4, -0.2) is 17.0 Å². The molecule has 1 aromatic rings. The van der Waals surface area contributed by atoms with E-state index in [-0.39, 0.29) is 30.7 Å². The van der Waals surface area contributed by atoms with Crippen LogP contribution in [0.25, 0.3) is 0 Å². The lowest BCUT2D eigenvalue weighted by Gasteiger charge is -2.17. The Kier molecular flexibility index (Phi) is 6.02. The van der Waals surface area contributed by atoms with Gasteiger partial charge < -0.3 is 10.4 Å². The quantitative estimate of drug-likeness (QED) is 0.843. The molecule has 2 atom stereocenters.